The molecule has 4 nitrogen and oxygen atoms in total. The first-order valence-corrected chi connectivity index (χ1v) is 7.24. The Labute approximate surface area is 106 Å². The Morgan fingerprint density at radius 1 is 1.35 bits per heavy atom. The van der Waals surface area contributed by atoms with E-state index in [0.717, 1.165) is 17.5 Å². The zero-order chi connectivity index (χ0) is 11.9. The number of nitrogens with zero attached hydrogens (tertiary/aromatic N) is 1. The van der Waals surface area contributed by atoms with Gasteiger partial charge in [-0.2, -0.15) is 0 Å². The Kier molecular flexibility index (Phi) is 4.91. The highest BCUT2D eigenvalue weighted by molar-refractivity contribution is 8.14. The van der Waals surface area contributed by atoms with Crippen LogP contribution in [0.2, 0.25) is 0 Å². The van der Waals surface area contributed by atoms with Gasteiger partial charge in [0.05, 0.1) is 6.54 Å². The summed E-state index contributed by atoms with van der Waals surface area (Å²) < 4.78 is 0. The molecule has 17 heavy (non-hydrogen) atoms. The second-order valence-corrected chi connectivity index (χ2v) is 5.47. The number of thioether (sulfide) groups is 1. The third-order valence-corrected chi connectivity index (χ3v) is 3.93. The minimum absolute atomic E-state index is 0.190. The van der Waals surface area contributed by atoms with Crippen LogP contribution in [0.15, 0.2) is 17.3 Å². The Balaban J connectivity index is 1.66. The number of amidine groups is 1. The molecular formula is C12H19N3OS. The van der Waals surface area contributed by atoms with Crippen molar-refractivity contribution in [2.24, 2.45) is 10.9 Å². The molecule has 0 unspecified atom stereocenters. The summed E-state index contributed by atoms with van der Waals surface area (Å²) in [7, 11) is 0. The van der Waals surface area contributed by atoms with E-state index in [1.54, 1.807) is 18.0 Å². The van der Waals surface area contributed by atoms with Crippen molar-refractivity contribution < 1.29 is 4.79 Å². The molecule has 0 aromatic heterocycles. The van der Waals surface area contributed by atoms with E-state index in [4.69, 9.17) is 0 Å². The van der Waals surface area contributed by atoms with Crippen LogP contribution in [-0.2, 0) is 0 Å². The standard InChI is InChI=1S/C12H19N3OS/c16-11(15-12-14-8-9-17-12)13-7-6-10-4-2-1-3-5-10/h6-7,10H,1-5,8-9H2,(H2,13,14,15,16)/b7-6+. The number of carbonyl (C=O) groups excluding carboxylic acids is 1. The second kappa shape index (κ2) is 6.69. The molecule has 2 rings (SSSR count). The molecule has 0 bridgehead atoms. The highest BCUT2D eigenvalue weighted by Crippen LogP contribution is 2.24. The molecule has 0 aromatic rings. The zero-order valence-corrected chi connectivity index (χ0v) is 10.8. The molecule has 94 valence electrons. The maximum absolute atomic E-state index is 11.5. The van der Waals surface area contributed by atoms with Crippen molar-refractivity contribution in [2.75, 3.05) is 12.3 Å². The van der Waals surface area contributed by atoms with E-state index < -0.39 is 0 Å². The first kappa shape index (κ1) is 12.5. The first-order chi connectivity index (χ1) is 8.34. The maximum atomic E-state index is 11.5. The summed E-state index contributed by atoms with van der Waals surface area (Å²) in [6.07, 6.45) is 10.4. The van der Waals surface area contributed by atoms with E-state index in [9.17, 15) is 4.79 Å². The van der Waals surface area contributed by atoms with E-state index >= 15 is 0 Å². The van der Waals surface area contributed by atoms with Gasteiger partial charge in [-0.25, -0.2) is 4.79 Å². The van der Waals surface area contributed by atoms with Crippen LogP contribution in [0.3, 0.4) is 0 Å². The van der Waals surface area contributed by atoms with Gasteiger partial charge in [-0.15, -0.1) is 0 Å². The number of carbonyl (C=O) groups is 1. The Morgan fingerprint density at radius 2 is 2.18 bits per heavy atom. The first-order valence-electron chi connectivity index (χ1n) is 6.26. The molecule has 0 spiro atoms. The average Bonchev–Trinajstić information content (AvgIpc) is 2.83. The van der Waals surface area contributed by atoms with Crippen molar-refractivity contribution in [3.63, 3.8) is 0 Å². The average molecular weight is 253 g/mol. The van der Waals surface area contributed by atoms with E-state index in [0.29, 0.717) is 5.92 Å². The van der Waals surface area contributed by atoms with Gasteiger partial charge in [0, 0.05) is 12.0 Å². The van der Waals surface area contributed by atoms with Crippen LogP contribution >= 0.6 is 11.8 Å². The Bertz CT molecular complexity index is 322. The smallest absolute Gasteiger partial charge is 0.315 e. The maximum Gasteiger partial charge on any atom is 0.324 e. The van der Waals surface area contributed by atoms with Gasteiger partial charge in [0.2, 0.25) is 0 Å². The van der Waals surface area contributed by atoms with E-state index in [-0.39, 0.29) is 6.03 Å². The van der Waals surface area contributed by atoms with E-state index in [1.807, 2.05) is 0 Å². The van der Waals surface area contributed by atoms with Crippen LogP contribution in [0.1, 0.15) is 32.1 Å². The summed E-state index contributed by atoms with van der Waals surface area (Å²) >= 11 is 1.59. The summed E-state index contributed by atoms with van der Waals surface area (Å²) in [5, 5.41) is 6.19. The number of rotatable bonds is 2. The lowest BCUT2D eigenvalue weighted by Gasteiger charge is -2.17. The van der Waals surface area contributed by atoms with Gasteiger partial charge < -0.3 is 5.32 Å². The number of amides is 2. The monoisotopic (exact) mass is 253 g/mol. The molecular weight excluding hydrogens is 234 g/mol. The second-order valence-electron chi connectivity index (χ2n) is 4.39. The van der Waals surface area contributed by atoms with Crippen LogP contribution in [0.4, 0.5) is 4.79 Å². The van der Waals surface area contributed by atoms with Gasteiger partial charge >= 0.3 is 6.03 Å². The van der Waals surface area contributed by atoms with Gasteiger partial charge in [-0.1, -0.05) is 37.1 Å². The fraction of sp³-hybridized carbons (Fsp3) is 0.667. The van der Waals surface area contributed by atoms with E-state index in [1.165, 1.54) is 32.1 Å². The largest absolute Gasteiger partial charge is 0.324 e. The molecule has 0 radical (unpaired) electrons. The number of urea groups is 1. The van der Waals surface area contributed by atoms with Crippen LogP contribution < -0.4 is 10.6 Å². The molecule has 1 saturated carbocycles. The highest BCUT2D eigenvalue weighted by Gasteiger charge is 2.11. The van der Waals surface area contributed by atoms with Crippen molar-refractivity contribution in [3.8, 4) is 0 Å². The summed E-state index contributed by atoms with van der Waals surface area (Å²) in [4.78, 5) is 15.6. The lowest BCUT2D eigenvalue weighted by Crippen LogP contribution is -2.35. The summed E-state index contributed by atoms with van der Waals surface area (Å²) in [6.45, 7) is 0.804. The van der Waals surface area contributed by atoms with Gasteiger partial charge in [-0.3, -0.25) is 10.3 Å². The quantitative estimate of drug-likeness (QED) is 0.794. The molecule has 0 saturated heterocycles. The fourth-order valence-electron chi connectivity index (χ4n) is 2.13. The van der Waals surface area contributed by atoms with Crippen LogP contribution in [-0.4, -0.2) is 23.5 Å². The predicted molar refractivity (Wildman–Crippen MR) is 72.1 cm³/mol. The van der Waals surface area contributed by atoms with Crippen LogP contribution in [0.25, 0.3) is 0 Å². The van der Waals surface area contributed by atoms with Crippen molar-refractivity contribution in [1.82, 2.24) is 10.6 Å². The van der Waals surface area contributed by atoms with Crippen LogP contribution in [0.5, 0.6) is 0 Å². The minimum Gasteiger partial charge on any atom is -0.315 e. The van der Waals surface area contributed by atoms with Gasteiger partial charge in [0.25, 0.3) is 0 Å². The number of nitrogens with one attached hydrogen (secondary N) is 2. The van der Waals surface area contributed by atoms with Gasteiger partial charge in [-0.05, 0) is 18.8 Å². The van der Waals surface area contributed by atoms with Crippen molar-refractivity contribution >= 4 is 23.0 Å². The third kappa shape index (κ3) is 4.42. The number of allylic oxidation sites excluding steroid dienone is 1. The van der Waals surface area contributed by atoms with Gasteiger partial charge in [0.1, 0.15) is 0 Å². The number of hydrogen-bond donors (Lipinski definition) is 2. The molecule has 1 heterocycles. The number of hydrogen-bond acceptors (Lipinski definition) is 3. The molecule has 2 aliphatic rings. The number of aliphatic imine (C=N–C) groups is 1. The van der Waals surface area contributed by atoms with E-state index in [2.05, 4.69) is 21.7 Å². The predicted octanol–water partition coefficient (Wildman–Crippen LogP) is 2.48. The summed E-state index contributed by atoms with van der Waals surface area (Å²) in [6, 6.07) is -0.190. The lowest BCUT2D eigenvalue weighted by atomic mass is 9.89. The van der Waals surface area contributed by atoms with Crippen molar-refractivity contribution in [3.05, 3.63) is 12.3 Å². The Hall–Kier alpha value is -0.970. The minimum atomic E-state index is -0.190. The molecule has 0 aromatic carbocycles. The molecule has 0 atom stereocenters. The molecule has 2 N–H and O–H groups in total. The highest BCUT2D eigenvalue weighted by atomic mass is 32.2. The van der Waals surface area contributed by atoms with Crippen molar-refractivity contribution in [1.29, 1.82) is 0 Å². The molecule has 2 amide bonds. The van der Waals surface area contributed by atoms with Gasteiger partial charge in [0.15, 0.2) is 5.17 Å². The Morgan fingerprint density at radius 3 is 2.88 bits per heavy atom. The van der Waals surface area contributed by atoms with Crippen molar-refractivity contribution in [2.45, 2.75) is 32.1 Å². The molecule has 1 fully saturated rings. The SMILES string of the molecule is O=C(N/C=C/C1CCCCC1)NC1=NCCS1. The molecule has 1 aliphatic heterocycles. The molecule has 5 heteroatoms. The topological polar surface area (TPSA) is 53.5 Å². The summed E-state index contributed by atoms with van der Waals surface area (Å²) in [5.41, 5.74) is 0. The van der Waals surface area contributed by atoms with Crippen LogP contribution in [0, 0.1) is 5.92 Å². The zero-order valence-electron chi connectivity index (χ0n) is 9.95. The lowest BCUT2D eigenvalue weighted by molar-refractivity contribution is 0.248. The third-order valence-electron chi connectivity index (χ3n) is 3.04. The fourth-order valence-corrected chi connectivity index (χ4v) is 2.85. The molecule has 1 aliphatic carbocycles. The summed E-state index contributed by atoms with van der Waals surface area (Å²) in [5.74, 6) is 1.61. The normalized spacial score (nSPS) is 21.5.